The third kappa shape index (κ3) is 6.90. The minimum atomic E-state index is 1.04. The zero-order valence-electron chi connectivity index (χ0n) is 37.2. The van der Waals surface area contributed by atoms with Gasteiger partial charge in [-0.3, -0.25) is 0 Å². The summed E-state index contributed by atoms with van der Waals surface area (Å²) in [5, 5.41) is 7.35. The normalized spacial score (nSPS) is 12.6. The summed E-state index contributed by atoms with van der Waals surface area (Å²) in [6.45, 7) is 4.44. The molecule has 0 amide bonds. The topological polar surface area (TPSA) is 9.86 Å². The fourth-order valence-corrected chi connectivity index (χ4v) is 10.5. The summed E-state index contributed by atoms with van der Waals surface area (Å²) in [6, 6.07) is 78.7. The Bertz CT molecular complexity index is 3620. The Balaban J connectivity index is 1.21. The lowest BCUT2D eigenvalue weighted by Crippen LogP contribution is -2.03. The number of benzene rings is 9. The summed E-state index contributed by atoms with van der Waals surface area (Å²) in [6.07, 6.45) is 9.11. The van der Waals surface area contributed by atoms with Crippen LogP contribution in [0.3, 0.4) is 0 Å². The van der Waals surface area contributed by atoms with Gasteiger partial charge in [0, 0.05) is 11.4 Å². The van der Waals surface area contributed by atoms with Crippen molar-refractivity contribution >= 4 is 37.9 Å². The third-order valence-corrected chi connectivity index (χ3v) is 13.4. The Labute approximate surface area is 386 Å². The lowest BCUT2D eigenvalue weighted by molar-refractivity contribution is 1.02. The first kappa shape index (κ1) is 39.4. The van der Waals surface area contributed by atoms with E-state index in [-0.39, 0.29) is 0 Å². The molecular formula is C64H48N2. The van der Waals surface area contributed by atoms with Crippen molar-refractivity contribution < 1.29 is 0 Å². The summed E-state index contributed by atoms with van der Waals surface area (Å²) < 4.78 is 4.93. The Morgan fingerprint density at radius 2 is 0.818 bits per heavy atom. The molecule has 66 heavy (non-hydrogen) atoms. The first-order chi connectivity index (χ1) is 32.6. The lowest BCUT2D eigenvalue weighted by atomic mass is 9.84. The van der Waals surface area contributed by atoms with Crippen molar-refractivity contribution in [2.75, 3.05) is 0 Å². The monoisotopic (exact) mass is 844 g/mol. The van der Waals surface area contributed by atoms with E-state index in [2.05, 4.69) is 254 Å². The highest BCUT2D eigenvalue weighted by molar-refractivity contribution is 6.22. The number of hydrogen-bond acceptors (Lipinski definition) is 0. The van der Waals surface area contributed by atoms with E-state index < -0.39 is 0 Å². The van der Waals surface area contributed by atoms with Gasteiger partial charge in [0.1, 0.15) is 0 Å². The van der Waals surface area contributed by atoms with Crippen LogP contribution in [0.25, 0.3) is 105 Å². The highest BCUT2D eigenvalue weighted by atomic mass is 15.0. The largest absolute Gasteiger partial charge is 0.309 e. The molecule has 12 rings (SSSR count). The van der Waals surface area contributed by atoms with E-state index in [0.29, 0.717) is 0 Å². The minimum Gasteiger partial charge on any atom is -0.309 e. The van der Waals surface area contributed by atoms with E-state index >= 15 is 0 Å². The van der Waals surface area contributed by atoms with Gasteiger partial charge >= 0.3 is 0 Å². The van der Waals surface area contributed by atoms with Crippen LogP contribution in [0.4, 0.5) is 0 Å². The number of aryl methyl sites for hydroxylation is 2. The van der Waals surface area contributed by atoms with Crippen LogP contribution in [0.15, 0.2) is 231 Å². The molecule has 0 saturated heterocycles. The number of rotatable bonds is 8. The van der Waals surface area contributed by atoms with Crippen molar-refractivity contribution in [2.24, 2.45) is 0 Å². The molecule has 0 fully saturated rings. The Morgan fingerprint density at radius 1 is 0.333 bits per heavy atom. The van der Waals surface area contributed by atoms with Gasteiger partial charge in [0.05, 0.1) is 22.8 Å². The zero-order chi connectivity index (χ0) is 44.1. The molecule has 0 bridgehead atoms. The number of fused-ring (bicyclic) bond motifs is 3. The van der Waals surface area contributed by atoms with Crippen LogP contribution in [0.1, 0.15) is 29.7 Å². The van der Waals surface area contributed by atoms with E-state index in [1.165, 1.54) is 99.3 Å². The number of hydrogen-bond donors (Lipinski definition) is 0. The van der Waals surface area contributed by atoms with Crippen molar-refractivity contribution in [2.45, 2.75) is 26.7 Å². The van der Waals surface area contributed by atoms with Crippen molar-refractivity contribution in [3.63, 3.8) is 0 Å². The van der Waals surface area contributed by atoms with Crippen LogP contribution in [-0.2, 0) is 0 Å². The van der Waals surface area contributed by atoms with Crippen LogP contribution in [-0.4, -0.2) is 9.13 Å². The molecule has 0 aliphatic heterocycles. The average molecular weight is 845 g/mol. The second-order valence-corrected chi connectivity index (χ2v) is 17.8. The fourth-order valence-electron chi connectivity index (χ4n) is 10.5. The molecule has 0 unspecified atom stereocenters. The Kier molecular flexibility index (Phi) is 9.80. The number of allylic oxidation sites excluding steroid dienone is 4. The van der Waals surface area contributed by atoms with Crippen LogP contribution in [0.5, 0.6) is 0 Å². The molecule has 0 atom stereocenters. The summed E-state index contributed by atoms with van der Waals surface area (Å²) >= 11 is 0. The smallest absolute Gasteiger partial charge is 0.0535 e. The third-order valence-electron chi connectivity index (χ3n) is 13.4. The molecule has 2 aromatic heterocycles. The number of aromatic nitrogens is 2. The molecule has 2 heteroatoms. The highest BCUT2D eigenvalue weighted by Gasteiger charge is 2.23. The first-order valence-corrected chi connectivity index (χ1v) is 23.1. The standard InChI is InChI=1S/C64H48N2/c1-43-37-44(2)39-52(38-43)64-56-32-30-53(65-59(46-18-7-3-8-19-46)33-34-60(65)47-20-9-4-10-21-47)41-57(56)63(51-28-27-45-17-15-16-26-50(45)40-51)55-31-29-54(42-58(55)64)66-61(48-22-11-5-12-23-48)35-36-62(66)49-24-13-6-14-25-49/h3,5-9,11-42H,4,10H2,1-2H3. The van der Waals surface area contributed by atoms with Crippen molar-refractivity contribution in [1.29, 1.82) is 0 Å². The minimum absolute atomic E-state index is 1.04. The van der Waals surface area contributed by atoms with Gasteiger partial charge in [0.15, 0.2) is 0 Å². The molecule has 1 aliphatic rings. The molecular weight excluding hydrogens is 797 g/mol. The van der Waals surface area contributed by atoms with Crippen LogP contribution in [0, 0.1) is 13.8 Å². The molecule has 0 saturated carbocycles. The molecule has 0 radical (unpaired) electrons. The summed E-state index contributed by atoms with van der Waals surface area (Å²) in [7, 11) is 0. The van der Waals surface area contributed by atoms with Gasteiger partial charge in [-0.05, 0) is 158 Å². The van der Waals surface area contributed by atoms with Gasteiger partial charge in [-0.25, -0.2) is 0 Å². The van der Waals surface area contributed by atoms with E-state index in [9.17, 15) is 0 Å². The molecule has 1 aliphatic carbocycles. The van der Waals surface area contributed by atoms with E-state index in [1.807, 2.05) is 0 Å². The molecule has 0 N–H and O–H groups in total. The van der Waals surface area contributed by atoms with Crippen LogP contribution >= 0.6 is 0 Å². The number of nitrogens with zero attached hydrogens (tertiary/aromatic N) is 2. The molecule has 2 heterocycles. The molecule has 0 spiro atoms. The van der Waals surface area contributed by atoms with Gasteiger partial charge in [-0.2, -0.15) is 0 Å². The maximum absolute atomic E-state index is 2.48. The molecule has 11 aromatic rings. The average Bonchev–Trinajstić information content (AvgIpc) is 4.02. The predicted molar refractivity (Wildman–Crippen MR) is 281 cm³/mol. The fraction of sp³-hybridized carbons (Fsp3) is 0.0625. The predicted octanol–water partition coefficient (Wildman–Crippen LogP) is 17.4. The summed E-state index contributed by atoms with van der Waals surface area (Å²) in [5.41, 5.74) is 19.1. The lowest BCUT2D eigenvalue weighted by Gasteiger charge is -2.22. The maximum Gasteiger partial charge on any atom is 0.0535 e. The second kappa shape index (κ2) is 16.4. The van der Waals surface area contributed by atoms with Gasteiger partial charge in [0.2, 0.25) is 0 Å². The maximum atomic E-state index is 2.48. The van der Waals surface area contributed by atoms with E-state index in [4.69, 9.17) is 0 Å². The first-order valence-electron chi connectivity index (χ1n) is 23.1. The molecule has 2 nitrogen and oxygen atoms in total. The summed E-state index contributed by atoms with van der Waals surface area (Å²) in [4.78, 5) is 0. The van der Waals surface area contributed by atoms with Gasteiger partial charge < -0.3 is 9.13 Å². The van der Waals surface area contributed by atoms with Gasteiger partial charge in [-0.15, -0.1) is 0 Å². The Morgan fingerprint density at radius 3 is 1.35 bits per heavy atom. The Hall–Kier alpha value is -8.20. The quantitative estimate of drug-likeness (QED) is 0.135. The van der Waals surface area contributed by atoms with E-state index in [0.717, 1.165) is 35.6 Å². The van der Waals surface area contributed by atoms with Crippen LogP contribution in [0.2, 0.25) is 0 Å². The van der Waals surface area contributed by atoms with Crippen molar-refractivity contribution in [1.82, 2.24) is 9.13 Å². The van der Waals surface area contributed by atoms with Crippen molar-refractivity contribution in [3.8, 4) is 67.4 Å². The molecule has 314 valence electrons. The zero-order valence-corrected chi connectivity index (χ0v) is 37.2. The highest BCUT2D eigenvalue weighted by Crippen LogP contribution is 2.47. The SMILES string of the molecule is Cc1cc(C)cc(-c2c3ccc(-n4c(C5=CCCC=C5)ccc4-c4ccccc4)cc3c(-c3ccc4ccccc4c3)c3ccc(-n4c(-c5ccccc5)ccc4-c4ccccc4)cc23)c1. The van der Waals surface area contributed by atoms with Crippen LogP contribution < -0.4 is 0 Å². The van der Waals surface area contributed by atoms with Gasteiger partial charge in [-0.1, -0.05) is 187 Å². The van der Waals surface area contributed by atoms with Gasteiger partial charge in [0.25, 0.3) is 0 Å². The summed E-state index contributed by atoms with van der Waals surface area (Å²) in [5.74, 6) is 0. The molecule has 9 aromatic carbocycles. The van der Waals surface area contributed by atoms with E-state index in [1.54, 1.807) is 0 Å². The van der Waals surface area contributed by atoms with Crippen molar-refractivity contribution in [3.05, 3.63) is 247 Å². The second-order valence-electron chi connectivity index (χ2n) is 17.8.